The Bertz CT molecular complexity index is 1260. The predicted octanol–water partition coefficient (Wildman–Crippen LogP) is 5.01. The Labute approximate surface area is 223 Å². The van der Waals surface area contributed by atoms with Gasteiger partial charge in [0.05, 0.1) is 0 Å². The Balaban J connectivity index is 1.05. The molecule has 0 saturated carbocycles. The summed E-state index contributed by atoms with van der Waals surface area (Å²) in [6.45, 7) is 6.66. The highest BCUT2D eigenvalue weighted by atomic mass is 19.1. The van der Waals surface area contributed by atoms with Gasteiger partial charge in [-0.05, 0) is 60.0 Å². The zero-order chi connectivity index (χ0) is 26.1. The predicted molar refractivity (Wildman–Crippen MR) is 145 cm³/mol. The number of carbonyl (C=O) groups excluding carboxylic acids is 1. The average Bonchev–Trinajstić information content (AvgIpc) is 3.26. The van der Waals surface area contributed by atoms with E-state index in [9.17, 15) is 13.6 Å². The van der Waals surface area contributed by atoms with Crippen LogP contribution in [0, 0.1) is 11.6 Å². The molecule has 198 valence electrons. The molecule has 2 fully saturated rings. The normalized spacial score (nSPS) is 21.8. The van der Waals surface area contributed by atoms with Crippen molar-refractivity contribution in [1.29, 1.82) is 0 Å². The molecule has 0 unspecified atom stereocenters. The number of benzene rings is 3. The molecule has 0 spiro atoms. The summed E-state index contributed by atoms with van der Waals surface area (Å²) < 4.78 is 27.9. The van der Waals surface area contributed by atoms with Gasteiger partial charge in [0.15, 0.2) is 0 Å². The number of halogens is 2. The fourth-order valence-corrected chi connectivity index (χ4v) is 6.39. The van der Waals surface area contributed by atoms with Crippen LogP contribution in [0.5, 0.6) is 0 Å². The first kappa shape index (κ1) is 25.0. The van der Waals surface area contributed by atoms with E-state index < -0.39 is 0 Å². The van der Waals surface area contributed by atoms with Crippen LogP contribution < -0.4 is 4.90 Å². The Morgan fingerprint density at radius 1 is 0.816 bits per heavy atom. The smallest absolute Gasteiger partial charge is 0.223 e. The molecular weight excluding hydrogens is 482 g/mol. The van der Waals surface area contributed by atoms with E-state index in [1.54, 1.807) is 18.2 Å². The lowest BCUT2D eigenvalue weighted by Gasteiger charge is -2.39. The van der Waals surface area contributed by atoms with Gasteiger partial charge in [0.1, 0.15) is 11.6 Å². The minimum atomic E-state index is -0.263. The summed E-state index contributed by atoms with van der Waals surface area (Å²) in [7, 11) is 0. The lowest BCUT2D eigenvalue weighted by Crippen LogP contribution is -2.49. The number of hydrogen-bond acceptors (Lipinski definition) is 4. The van der Waals surface area contributed by atoms with Crippen LogP contribution in [0.4, 0.5) is 20.2 Å². The molecule has 38 heavy (non-hydrogen) atoms. The molecule has 7 heteroatoms. The molecule has 6 rings (SSSR count). The molecule has 0 radical (unpaired) electrons. The maximum absolute atomic E-state index is 14.3. The number of amides is 1. The molecular formula is C31H34F2N4O. The van der Waals surface area contributed by atoms with Crippen LogP contribution in [0.1, 0.15) is 29.9 Å². The van der Waals surface area contributed by atoms with Crippen LogP contribution in [0.15, 0.2) is 72.8 Å². The molecule has 3 heterocycles. The second kappa shape index (κ2) is 10.8. The maximum atomic E-state index is 14.3. The number of nitrogens with zero attached hydrogens (tertiary/aromatic N) is 4. The Morgan fingerprint density at radius 2 is 1.55 bits per heavy atom. The van der Waals surface area contributed by atoms with E-state index in [2.05, 4.69) is 39.0 Å². The largest absolute Gasteiger partial charge is 0.340 e. The third-order valence-corrected chi connectivity index (χ3v) is 8.36. The van der Waals surface area contributed by atoms with Crippen LogP contribution in [0.25, 0.3) is 0 Å². The van der Waals surface area contributed by atoms with Gasteiger partial charge in [-0.25, -0.2) is 8.78 Å². The summed E-state index contributed by atoms with van der Waals surface area (Å²) in [6, 6.07) is 22.2. The van der Waals surface area contributed by atoms with Crippen molar-refractivity contribution in [3.63, 3.8) is 0 Å². The third kappa shape index (κ3) is 5.18. The number of piperidine rings is 1. The first-order valence-electron chi connectivity index (χ1n) is 13.7. The van der Waals surface area contributed by atoms with E-state index in [1.165, 1.54) is 23.8 Å². The summed E-state index contributed by atoms with van der Waals surface area (Å²) in [5.41, 5.74) is 4.24. The van der Waals surface area contributed by atoms with Gasteiger partial charge < -0.3 is 14.7 Å². The van der Waals surface area contributed by atoms with E-state index in [0.717, 1.165) is 69.2 Å². The fraction of sp³-hybridized carbons (Fsp3) is 0.387. The number of anilines is 2. The molecule has 5 nitrogen and oxygen atoms in total. The van der Waals surface area contributed by atoms with Crippen molar-refractivity contribution in [3.8, 4) is 0 Å². The number of rotatable bonds is 6. The van der Waals surface area contributed by atoms with Crippen LogP contribution in [-0.2, 0) is 11.3 Å². The highest BCUT2D eigenvalue weighted by Crippen LogP contribution is 2.48. The van der Waals surface area contributed by atoms with Crippen LogP contribution >= 0.6 is 0 Å². The molecule has 3 aliphatic rings. The van der Waals surface area contributed by atoms with Crippen molar-refractivity contribution in [1.82, 2.24) is 14.7 Å². The zero-order valence-electron chi connectivity index (χ0n) is 21.6. The van der Waals surface area contributed by atoms with Crippen molar-refractivity contribution in [2.75, 3.05) is 50.7 Å². The minimum absolute atomic E-state index is 0.149. The molecule has 0 bridgehead atoms. The standard InChI is InChI=1S/C31H34F2N4O/c32-24-6-9-26(10-7-24)37-29-11-8-25(33)20-27(29)28-22-34(14-12-30(28)37)15-13-31(38)36-18-16-35(17-19-36)21-23-4-2-1-3-5-23/h1-11,20,28,30H,12-19,21-22H2/t28-,30+/m0/s1. The van der Waals surface area contributed by atoms with Gasteiger partial charge in [-0.15, -0.1) is 0 Å². The molecule has 2 atom stereocenters. The SMILES string of the molecule is O=C(CCN1CC[C@@H]2[C@@H](C1)c1cc(F)ccc1N2c1ccc(F)cc1)N1CCN(Cc2ccccc2)CC1. The number of likely N-dealkylation sites (tertiary alicyclic amines) is 1. The number of fused-ring (bicyclic) bond motifs is 3. The minimum Gasteiger partial charge on any atom is -0.340 e. The second-order valence-corrected chi connectivity index (χ2v) is 10.7. The van der Waals surface area contributed by atoms with Gasteiger partial charge in [-0.3, -0.25) is 9.69 Å². The zero-order valence-corrected chi connectivity index (χ0v) is 21.6. The number of hydrogen-bond donors (Lipinski definition) is 0. The Kier molecular flexibility index (Phi) is 7.13. The molecule has 3 aromatic rings. The fourth-order valence-electron chi connectivity index (χ4n) is 6.39. The summed E-state index contributed by atoms with van der Waals surface area (Å²) in [5.74, 6) is -0.128. The number of piperazine rings is 1. The van der Waals surface area contributed by atoms with E-state index in [1.807, 2.05) is 17.0 Å². The van der Waals surface area contributed by atoms with Gasteiger partial charge in [-0.1, -0.05) is 30.3 Å². The van der Waals surface area contributed by atoms with Crippen molar-refractivity contribution >= 4 is 17.3 Å². The molecule has 2 saturated heterocycles. The van der Waals surface area contributed by atoms with Crippen molar-refractivity contribution in [2.45, 2.75) is 31.3 Å². The summed E-state index contributed by atoms with van der Waals surface area (Å²) >= 11 is 0. The Morgan fingerprint density at radius 3 is 2.32 bits per heavy atom. The van der Waals surface area contributed by atoms with Gasteiger partial charge >= 0.3 is 0 Å². The summed E-state index contributed by atoms with van der Waals surface area (Å²) in [4.78, 5) is 22.0. The summed E-state index contributed by atoms with van der Waals surface area (Å²) in [6.07, 6.45) is 1.42. The highest BCUT2D eigenvalue weighted by molar-refractivity contribution is 5.76. The van der Waals surface area contributed by atoms with Gasteiger partial charge in [0, 0.05) is 82.1 Å². The summed E-state index contributed by atoms with van der Waals surface area (Å²) in [5, 5.41) is 0. The van der Waals surface area contributed by atoms with E-state index >= 15 is 0 Å². The highest BCUT2D eigenvalue weighted by Gasteiger charge is 2.42. The molecule has 3 aromatic carbocycles. The van der Waals surface area contributed by atoms with Crippen LogP contribution in [-0.4, -0.2) is 72.5 Å². The second-order valence-electron chi connectivity index (χ2n) is 10.7. The van der Waals surface area contributed by atoms with E-state index in [-0.39, 0.29) is 29.5 Å². The van der Waals surface area contributed by atoms with Crippen molar-refractivity contribution in [2.24, 2.45) is 0 Å². The maximum Gasteiger partial charge on any atom is 0.223 e. The average molecular weight is 517 g/mol. The quantitative estimate of drug-likeness (QED) is 0.461. The van der Waals surface area contributed by atoms with Crippen LogP contribution in [0.3, 0.4) is 0 Å². The lowest BCUT2D eigenvalue weighted by molar-refractivity contribution is -0.133. The number of carbonyl (C=O) groups is 1. The van der Waals surface area contributed by atoms with Gasteiger partial charge in [0.25, 0.3) is 0 Å². The molecule has 0 aliphatic carbocycles. The van der Waals surface area contributed by atoms with Crippen molar-refractivity contribution in [3.05, 3.63) is 95.6 Å². The van der Waals surface area contributed by atoms with E-state index in [4.69, 9.17) is 0 Å². The topological polar surface area (TPSA) is 30.0 Å². The van der Waals surface area contributed by atoms with Gasteiger partial charge in [0.2, 0.25) is 5.91 Å². The van der Waals surface area contributed by atoms with E-state index in [0.29, 0.717) is 13.0 Å². The van der Waals surface area contributed by atoms with Crippen LogP contribution in [0.2, 0.25) is 0 Å². The molecule has 3 aliphatic heterocycles. The van der Waals surface area contributed by atoms with Crippen molar-refractivity contribution < 1.29 is 13.6 Å². The Hall–Kier alpha value is -3.29. The molecule has 0 N–H and O–H groups in total. The molecule has 1 amide bonds. The van der Waals surface area contributed by atoms with Gasteiger partial charge in [-0.2, -0.15) is 0 Å². The lowest BCUT2D eigenvalue weighted by atomic mass is 9.89. The third-order valence-electron chi connectivity index (χ3n) is 8.36. The monoisotopic (exact) mass is 516 g/mol. The first-order valence-corrected chi connectivity index (χ1v) is 13.7. The first-order chi connectivity index (χ1) is 18.5. The molecule has 0 aromatic heterocycles.